The molecule has 0 amide bonds. The normalized spacial score (nSPS) is 19.4. The lowest BCUT2D eigenvalue weighted by Crippen LogP contribution is -2.47. The minimum atomic E-state index is 0.603. The molecule has 0 bridgehead atoms. The first-order chi connectivity index (χ1) is 9.62. The van der Waals surface area contributed by atoms with Crippen molar-refractivity contribution in [3.8, 4) is 0 Å². The highest BCUT2D eigenvalue weighted by atomic mass is 15.3. The Hall–Kier alpha value is -0.910. The Balaban J connectivity index is 1.82. The van der Waals surface area contributed by atoms with E-state index in [0.717, 1.165) is 58.1 Å². The van der Waals surface area contributed by atoms with E-state index in [4.69, 9.17) is 5.73 Å². The third-order valence-corrected chi connectivity index (χ3v) is 4.11. The van der Waals surface area contributed by atoms with Crippen LogP contribution in [0.5, 0.6) is 0 Å². The summed E-state index contributed by atoms with van der Waals surface area (Å²) in [6.07, 6.45) is 0. The van der Waals surface area contributed by atoms with Gasteiger partial charge in [0.25, 0.3) is 0 Å². The van der Waals surface area contributed by atoms with Crippen molar-refractivity contribution in [1.29, 1.82) is 0 Å². The molecule has 1 atom stereocenters. The number of hydrogen-bond acceptors (Lipinski definition) is 4. The van der Waals surface area contributed by atoms with Crippen molar-refractivity contribution in [3.05, 3.63) is 17.5 Å². The minimum absolute atomic E-state index is 0.603. The Kier molecular flexibility index (Phi) is 5.57. The van der Waals surface area contributed by atoms with Gasteiger partial charge in [0.05, 0.1) is 11.4 Å². The maximum absolute atomic E-state index is 5.71. The van der Waals surface area contributed by atoms with Gasteiger partial charge in [-0.1, -0.05) is 6.92 Å². The average Bonchev–Trinajstić information content (AvgIpc) is 2.80. The molecule has 0 radical (unpaired) electrons. The van der Waals surface area contributed by atoms with E-state index in [9.17, 15) is 0 Å². The fraction of sp³-hybridized carbons (Fsp3) is 0.800. The monoisotopic (exact) mass is 279 g/mol. The number of aromatic nitrogens is 2. The van der Waals surface area contributed by atoms with Gasteiger partial charge in [-0.2, -0.15) is 5.10 Å². The smallest absolute Gasteiger partial charge is 0.0597 e. The first-order valence-corrected chi connectivity index (χ1v) is 7.80. The highest BCUT2D eigenvalue weighted by Gasteiger charge is 2.19. The van der Waals surface area contributed by atoms with Crippen molar-refractivity contribution < 1.29 is 0 Å². The van der Waals surface area contributed by atoms with E-state index in [1.165, 1.54) is 5.69 Å². The predicted octanol–water partition coefficient (Wildman–Crippen LogP) is 0.924. The summed E-state index contributed by atoms with van der Waals surface area (Å²) in [4.78, 5) is 5.07. The van der Waals surface area contributed by atoms with Crippen LogP contribution in [-0.2, 0) is 13.1 Å². The van der Waals surface area contributed by atoms with E-state index in [0.29, 0.717) is 5.92 Å². The van der Waals surface area contributed by atoms with Gasteiger partial charge in [0.15, 0.2) is 0 Å². The van der Waals surface area contributed by atoms with Crippen molar-refractivity contribution in [1.82, 2.24) is 19.6 Å². The van der Waals surface area contributed by atoms with E-state index in [1.807, 2.05) is 0 Å². The molecule has 114 valence electrons. The Bertz CT molecular complexity index is 406. The van der Waals surface area contributed by atoms with E-state index in [-0.39, 0.29) is 0 Å². The molecule has 5 heteroatoms. The molecule has 1 aliphatic heterocycles. The van der Waals surface area contributed by atoms with E-state index in [1.54, 1.807) is 0 Å². The lowest BCUT2D eigenvalue weighted by atomic mass is 10.1. The van der Waals surface area contributed by atoms with Crippen molar-refractivity contribution in [2.75, 3.05) is 39.3 Å². The standard InChI is InChI=1S/C15H29N5/c1-4-20-15(9-14(3)17-20)12-19-7-5-18(6-8-19)11-13(2)10-16/h9,13H,4-8,10-12,16H2,1-3H3. The minimum Gasteiger partial charge on any atom is -0.330 e. The molecule has 0 aliphatic carbocycles. The first kappa shape index (κ1) is 15.5. The maximum atomic E-state index is 5.71. The molecule has 2 heterocycles. The molecule has 0 saturated carbocycles. The van der Waals surface area contributed by atoms with Gasteiger partial charge in [0, 0.05) is 45.8 Å². The quantitative estimate of drug-likeness (QED) is 0.841. The lowest BCUT2D eigenvalue weighted by molar-refractivity contribution is 0.114. The zero-order chi connectivity index (χ0) is 14.5. The van der Waals surface area contributed by atoms with Crippen molar-refractivity contribution in [3.63, 3.8) is 0 Å². The first-order valence-electron chi connectivity index (χ1n) is 7.80. The Morgan fingerprint density at radius 1 is 1.25 bits per heavy atom. The zero-order valence-electron chi connectivity index (χ0n) is 13.2. The maximum Gasteiger partial charge on any atom is 0.0597 e. The van der Waals surface area contributed by atoms with Crippen molar-refractivity contribution in [2.45, 2.75) is 33.9 Å². The van der Waals surface area contributed by atoms with Gasteiger partial charge in [-0.25, -0.2) is 0 Å². The summed E-state index contributed by atoms with van der Waals surface area (Å²) in [6, 6.07) is 2.21. The van der Waals surface area contributed by atoms with E-state index < -0.39 is 0 Å². The van der Waals surface area contributed by atoms with Crippen LogP contribution in [0.4, 0.5) is 0 Å². The second-order valence-corrected chi connectivity index (χ2v) is 6.01. The zero-order valence-corrected chi connectivity index (χ0v) is 13.2. The molecule has 1 aliphatic rings. The second kappa shape index (κ2) is 7.20. The number of nitrogens with zero attached hydrogens (tertiary/aromatic N) is 4. The van der Waals surface area contributed by atoms with Crippen LogP contribution in [0.2, 0.25) is 0 Å². The van der Waals surface area contributed by atoms with Gasteiger partial charge in [-0.3, -0.25) is 9.58 Å². The summed E-state index contributed by atoms with van der Waals surface area (Å²) < 4.78 is 2.12. The third-order valence-electron chi connectivity index (χ3n) is 4.11. The lowest BCUT2D eigenvalue weighted by Gasteiger charge is -2.35. The second-order valence-electron chi connectivity index (χ2n) is 6.01. The Labute approximate surface area is 122 Å². The van der Waals surface area contributed by atoms with Crippen molar-refractivity contribution in [2.24, 2.45) is 11.7 Å². The molecular formula is C15H29N5. The molecule has 5 nitrogen and oxygen atoms in total. The van der Waals surface area contributed by atoms with Crippen molar-refractivity contribution >= 4 is 0 Å². The van der Waals surface area contributed by atoms with Crippen LogP contribution >= 0.6 is 0 Å². The van der Waals surface area contributed by atoms with E-state index in [2.05, 4.69) is 46.4 Å². The van der Waals surface area contributed by atoms with Gasteiger partial charge < -0.3 is 10.6 Å². The molecule has 2 N–H and O–H groups in total. The Morgan fingerprint density at radius 3 is 2.50 bits per heavy atom. The molecule has 1 fully saturated rings. The molecule has 1 saturated heterocycles. The van der Waals surface area contributed by atoms with Gasteiger partial charge in [-0.05, 0) is 32.4 Å². The van der Waals surface area contributed by atoms with Gasteiger partial charge in [-0.15, -0.1) is 0 Å². The SMILES string of the molecule is CCn1nc(C)cc1CN1CCN(CC(C)CN)CC1. The highest BCUT2D eigenvalue weighted by molar-refractivity contribution is 5.09. The molecule has 0 spiro atoms. The summed E-state index contributed by atoms with van der Waals surface area (Å²) in [6.45, 7) is 15.0. The van der Waals surface area contributed by atoms with Crippen LogP contribution in [0.3, 0.4) is 0 Å². The molecule has 20 heavy (non-hydrogen) atoms. The third kappa shape index (κ3) is 4.04. The molecule has 1 aromatic heterocycles. The van der Waals surface area contributed by atoms with Crippen LogP contribution in [0, 0.1) is 12.8 Å². The molecule has 0 aromatic carbocycles. The number of piperazine rings is 1. The van der Waals surface area contributed by atoms with Gasteiger partial charge in [0.2, 0.25) is 0 Å². The molecule has 1 unspecified atom stereocenters. The van der Waals surface area contributed by atoms with Gasteiger partial charge >= 0.3 is 0 Å². The highest BCUT2D eigenvalue weighted by Crippen LogP contribution is 2.11. The number of aryl methyl sites for hydroxylation is 2. The summed E-state index contributed by atoms with van der Waals surface area (Å²) in [5, 5.41) is 4.53. The number of nitrogens with two attached hydrogens (primary N) is 1. The fourth-order valence-electron chi connectivity index (χ4n) is 2.87. The van der Waals surface area contributed by atoms with E-state index >= 15 is 0 Å². The largest absolute Gasteiger partial charge is 0.330 e. The fourth-order valence-corrected chi connectivity index (χ4v) is 2.87. The topological polar surface area (TPSA) is 50.3 Å². The predicted molar refractivity (Wildman–Crippen MR) is 82.6 cm³/mol. The number of rotatable bonds is 6. The summed E-state index contributed by atoms with van der Waals surface area (Å²) in [5.41, 5.74) is 8.17. The molecule has 1 aromatic rings. The Morgan fingerprint density at radius 2 is 1.90 bits per heavy atom. The van der Waals surface area contributed by atoms with Gasteiger partial charge in [0.1, 0.15) is 0 Å². The van der Waals surface area contributed by atoms with Crippen LogP contribution < -0.4 is 5.73 Å². The summed E-state index contributed by atoms with van der Waals surface area (Å²) >= 11 is 0. The number of hydrogen-bond donors (Lipinski definition) is 1. The van der Waals surface area contributed by atoms with Crippen LogP contribution in [0.1, 0.15) is 25.2 Å². The van der Waals surface area contributed by atoms with Crippen LogP contribution in [0.15, 0.2) is 6.07 Å². The summed E-state index contributed by atoms with van der Waals surface area (Å²) in [5.74, 6) is 0.603. The average molecular weight is 279 g/mol. The van der Waals surface area contributed by atoms with Crippen LogP contribution in [-0.4, -0.2) is 58.8 Å². The molecular weight excluding hydrogens is 250 g/mol. The molecule has 2 rings (SSSR count). The summed E-state index contributed by atoms with van der Waals surface area (Å²) in [7, 11) is 0. The van der Waals surface area contributed by atoms with Crippen LogP contribution in [0.25, 0.3) is 0 Å².